The quantitative estimate of drug-likeness (QED) is 0.830. The Hall–Kier alpha value is -2.38. The summed E-state index contributed by atoms with van der Waals surface area (Å²) in [6, 6.07) is 6.64. The van der Waals surface area contributed by atoms with Gasteiger partial charge < -0.3 is 5.73 Å². The Morgan fingerprint density at radius 1 is 1.30 bits per heavy atom. The maximum atomic E-state index is 13.9. The molecule has 4 nitrogen and oxygen atoms in total. The summed E-state index contributed by atoms with van der Waals surface area (Å²) in [6.45, 7) is 0. The zero-order chi connectivity index (χ0) is 14.9. The van der Waals surface area contributed by atoms with Crippen molar-refractivity contribution in [1.29, 1.82) is 15.9 Å². The van der Waals surface area contributed by atoms with E-state index in [9.17, 15) is 8.78 Å². The summed E-state index contributed by atoms with van der Waals surface area (Å²) in [7, 11) is 0. The Morgan fingerprint density at radius 2 is 2.00 bits per heavy atom. The Balaban J connectivity index is 2.66. The minimum absolute atomic E-state index is 0.0116. The van der Waals surface area contributed by atoms with Crippen LogP contribution >= 0.6 is 11.8 Å². The van der Waals surface area contributed by atoms with Crippen molar-refractivity contribution in [2.24, 2.45) is 11.7 Å². The van der Waals surface area contributed by atoms with Gasteiger partial charge in [0.1, 0.15) is 17.6 Å². The van der Waals surface area contributed by atoms with Crippen LogP contribution in [0.15, 0.2) is 28.8 Å². The molecule has 1 aliphatic rings. The van der Waals surface area contributed by atoms with E-state index in [1.165, 1.54) is 6.07 Å². The molecule has 1 aromatic rings. The van der Waals surface area contributed by atoms with Gasteiger partial charge in [-0.3, -0.25) is 5.41 Å². The Labute approximate surface area is 118 Å². The zero-order valence-corrected chi connectivity index (χ0v) is 10.8. The molecule has 0 spiro atoms. The molecule has 0 fully saturated rings. The average molecular weight is 290 g/mol. The highest BCUT2D eigenvalue weighted by molar-refractivity contribution is 8.17. The van der Waals surface area contributed by atoms with Crippen LogP contribution in [0.3, 0.4) is 0 Å². The number of nitriles is 2. The number of hydrogen-bond donors (Lipinski definition) is 2. The Bertz CT molecular complexity index is 699. The van der Waals surface area contributed by atoms with Gasteiger partial charge in [-0.1, -0.05) is 17.8 Å². The van der Waals surface area contributed by atoms with Crippen molar-refractivity contribution >= 4 is 16.8 Å². The van der Waals surface area contributed by atoms with Crippen molar-refractivity contribution in [2.75, 3.05) is 0 Å². The largest absolute Gasteiger partial charge is 0.392 e. The fourth-order valence-electron chi connectivity index (χ4n) is 2.05. The summed E-state index contributed by atoms with van der Waals surface area (Å²) in [5, 5.41) is 26.1. The van der Waals surface area contributed by atoms with E-state index in [4.69, 9.17) is 21.7 Å². The summed E-state index contributed by atoms with van der Waals surface area (Å²) < 4.78 is 26.9. The van der Waals surface area contributed by atoms with E-state index in [1.807, 2.05) is 12.1 Å². The van der Waals surface area contributed by atoms with E-state index in [2.05, 4.69) is 0 Å². The molecule has 2 rings (SSSR count). The third-order valence-corrected chi connectivity index (χ3v) is 3.88. The summed E-state index contributed by atoms with van der Waals surface area (Å²) in [5.41, 5.74) is 5.70. The first-order valence-corrected chi connectivity index (χ1v) is 6.31. The van der Waals surface area contributed by atoms with Crippen molar-refractivity contribution in [3.05, 3.63) is 46.0 Å². The fourth-order valence-corrected chi connectivity index (χ4v) is 2.89. The number of rotatable bonds is 1. The normalized spacial score (nSPS) is 22.3. The van der Waals surface area contributed by atoms with Crippen LogP contribution in [0.5, 0.6) is 0 Å². The zero-order valence-electron chi connectivity index (χ0n) is 10.0. The number of halogens is 2. The number of benzene rings is 1. The molecule has 1 heterocycles. The van der Waals surface area contributed by atoms with Gasteiger partial charge in [0.05, 0.1) is 27.8 Å². The number of nitrogens with two attached hydrogens (primary N) is 1. The van der Waals surface area contributed by atoms with Crippen LogP contribution in [0.2, 0.25) is 0 Å². The second-order valence-corrected chi connectivity index (χ2v) is 5.19. The van der Waals surface area contributed by atoms with Crippen LogP contribution in [-0.4, -0.2) is 5.04 Å². The molecule has 20 heavy (non-hydrogen) atoms. The van der Waals surface area contributed by atoms with Crippen molar-refractivity contribution in [3.8, 4) is 12.1 Å². The van der Waals surface area contributed by atoms with Gasteiger partial charge >= 0.3 is 0 Å². The molecule has 1 aromatic carbocycles. The van der Waals surface area contributed by atoms with E-state index >= 15 is 0 Å². The number of allylic oxidation sites excluding steroid dienone is 1. The van der Waals surface area contributed by atoms with Crippen molar-refractivity contribution in [1.82, 2.24) is 0 Å². The molecule has 1 aliphatic heterocycles. The lowest BCUT2D eigenvalue weighted by atomic mass is 9.81. The highest BCUT2D eigenvalue weighted by atomic mass is 32.2. The molecule has 0 amide bonds. The summed E-state index contributed by atoms with van der Waals surface area (Å²) in [4.78, 5) is 0. The monoisotopic (exact) mass is 290 g/mol. The Morgan fingerprint density at radius 3 is 2.55 bits per heavy atom. The molecule has 0 aliphatic carbocycles. The van der Waals surface area contributed by atoms with Gasteiger partial charge in [-0.25, -0.2) is 8.78 Å². The molecule has 0 radical (unpaired) electrons. The molecule has 3 N–H and O–H groups in total. The van der Waals surface area contributed by atoms with Gasteiger partial charge in [0.2, 0.25) is 0 Å². The first kappa shape index (κ1) is 14.0. The summed E-state index contributed by atoms with van der Waals surface area (Å²) >= 11 is 0.813. The van der Waals surface area contributed by atoms with E-state index in [0.717, 1.165) is 17.8 Å². The van der Waals surface area contributed by atoms with Gasteiger partial charge in [0.15, 0.2) is 0 Å². The van der Waals surface area contributed by atoms with Gasteiger partial charge in [-0.05, 0) is 11.6 Å². The van der Waals surface area contributed by atoms with Crippen LogP contribution in [0, 0.1) is 45.6 Å². The van der Waals surface area contributed by atoms with Gasteiger partial charge in [0.25, 0.3) is 0 Å². The highest BCUT2D eigenvalue weighted by Crippen LogP contribution is 2.43. The van der Waals surface area contributed by atoms with E-state index in [0.29, 0.717) is 6.07 Å². The van der Waals surface area contributed by atoms with Crippen LogP contribution in [-0.2, 0) is 0 Å². The lowest BCUT2D eigenvalue weighted by Crippen LogP contribution is -2.27. The number of nitrogens with zero attached hydrogens (tertiary/aromatic N) is 2. The van der Waals surface area contributed by atoms with Crippen molar-refractivity contribution in [3.63, 3.8) is 0 Å². The molecule has 0 aromatic heterocycles. The topological polar surface area (TPSA) is 97.4 Å². The Kier molecular flexibility index (Phi) is 3.73. The number of thioether (sulfide) groups is 1. The third kappa shape index (κ3) is 2.24. The molecule has 100 valence electrons. The first-order chi connectivity index (χ1) is 9.49. The molecule has 0 saturated heterocycles. The summed E-state index contributed by atoms with van der Waals surface area (Å²) in [5.74, 6) is -3.62. The van der Waals surface area contributed by atoms with E-state index < -0.39 is 23.5 Å². The van der Waals surface area contributed by atoms with Crippen molar-refractivity contribution < 1.29 is 8.78 Å². The lowest BCUT2D eigenvalue weighted by Gasteiger charge is -2.28. The van der Waals surface area contributed by atoms with E-state index in [-0.39, 0.29) is 21.2 Å². The minimum atomic E-state index is -1.01. The second-order valence-electron chi connectivity index (χ2n) is 4.11. The first-order valence-electron chi connectivity index (χ1n) is 5.50. The van der Waals surface area contributed by atoms with Crippen LogP contribution in [0.25, 0.3) is 0 Å². The van der Waals surface area contributed by atoms with E-state index in [1.54, 1.807) is 0 Å². The van der Waals surface area contributed by atoms with Crippen LogP contribution in [0.1, 0.15) is 11.5 Å². The lowest BCUT2D eigenvalue weighted by molar-refractivity contribution is 0.557. The fraction of sp³-hybridized carbons (Fsp3) is 0.154. The second kappa shape index (κ2) is 5.32. The minimum Gasteiger partial charge on any atom is -0.392 e. The molecule has 0 saturated carbocycles. The van der Waals surface area contributed by atoms with Gasteiger partial charge in [0, 0.05) is 12.0 Å². The third-order valence-electron chi connectivity index (χ3n) is 2.97. The van der Waals surface area contributed by atoms with Crippen LogP contribution < -0.4 is 5.73 Å². The van der Waals surface area contributed by atoms with Gasteiger partial charge in [-0.2, -0.15) is 10.5 Å². The maximum absolute atomic E-state index is 13.9. The molecular weight excluding hydrogens is 282 g/mol. The molecule has 2 atom stereocenters. The maximum Gasteiger partial charge on any atom is 0.130 e. The molecule has 7 heteroatoms. The van der Waals surface area contributed by atoms with Crippen LogP contribution in [0.4, 0.5) is 8.78 Å². The average Bonchev–Trinajstić information content (AvgIpc) is 2.38. The molecular formula is C13H8F2N4S. The summed E-state index contributed by atoms with van der Waals surface area (Å²) in [6.07, 6.45) is 0. The molecule has 0 unspecified atom stereocenters. The van der Waals surface area contributed by atoms with Gasteiger partial charge in [-0.15, -0.1) is 0 Å². The number of nitrogens with one attached hydrogen (secondary N) is 1. The number of hydrogen-bond acceptors (Lipinski definition) is 5. The molecule has 0 bridgehead atoms. The standard InChI is InChI=1S/C13H8F2N4S/c14-6-1-2-7(10(15)3-6)11-8(4-16)12(18)20-13(19)9(11)5-17/h1-3,8,11,18H,19H2/t8-,11+/m0/s1. The smallest absolute Gasteiger partial charge is 0.130 e. The highest BCUT2D eigenvalue weighted by Gasteiger charge is 2.38. The predicted octanol–water partition coefficient (Wildman–Crippen LogP) is 2.61. The van der Waals surface area contributed by atoms with Crippen molar-refractivity contribution in [2.45, 2.75) is 5.92 Å². The predicted molar refractivity (Wildman–Crippen MR) is 70.3 cm³/mol. The SMILES string of the molecule is N#CC1=C(N)SC(=N)[C@@H](C#N)[C@H]1c1ccc(F)cc1F.